The van der Waals surface area contributed by atoms with Gasteiger partial charge >= 0.3 is 6.09 Å². The summed E-state index contributed by atoms with van der Waals surface area (Å²) in [7, 11) is 0. The van der Waals surface area contributed by atoms with E-state index < -0.39 is 5.60 Å². The average Bonchev–Trinajstić information content (AvgIpc) is 2.76. The van der Waals surface area contributed by atoms with Gasteiger partial charge in [0.05, 0.1) is 12.6 Å². The van der Waals surface area contributed by atoms with Gasteiger partial charge in [-0.3, -0.25) is 4.18 Å². The minimum absolute atomic E-state index is 0.0160. The third-order valence-electron chi connectivity index (χ3n) is 2.61. The van der Waals surface area contributed by atoms with E-state index in [1.807, 2.05) is 39.0 Å². The molecule has 19 heavy (non-hydrogen) atoms. The molecule has 0 bridgehead atoms. The van der Waals surface area contributed by atoms with Crippen molar-refractivity contribution in [3.63, 3.8) is 0 Å². The fourth-order valence-electron chi connectivity index (χ4n) is 1.81. The van der Waals surface area contributed by atoms with Crippen molar-refractivity contribution in [2.75, 3.05) is 6.61 Å². The highest BCUT2D eigenvalue weighted by Gasteiger charge is 2.34. The fourth-order valence-corrected chi connectivity index (χ4v) is 2.50. The van der Waals surface area contributed by atoms with E-state index in [9.17, 15) is 4.79 Å². The third-order valence-corrected chi connectivity index (χ3v) is 3.46. The Balaban J connectivity index is 1.99. The Morgan fingerprint density at radius 2 is 2.11 bits per heavy atom. The maximum absolute atomic E-state index is 12.1. The second kappa shape index (κ2) is 5.84. The van der Waals surface area contributed by atoms with E-state index in [1.54, 1.807) is 4.31 Å². The van der Waals surface area contributed by atoms with Crippen LogP contribution in [0.25, 0.3) is 0 Å². The quantitative estimate of drug-likeness (QED) is 0.615. The molecule has 0 spiro atoms. The molecule has 1 aromatic carbocycles. The molecule has 0 radical (unpaired) electrons. The van der Waals surface area contributed by atoms with Crippen molar-refractivity contribution in [3.8, 4) is 0 Å². The number of carbonyl (C=O) groups is 1. The summed E-state index contributed by atoms with van der Waals surface area (Å²) < 4.78 is 12.3. The van der Waals surface area contributed by atoms with Crippen LogP contribution >= 0.6 is 12.2 Å². The van der Waals surface area contributed by atoms with Crippen LogP contribution in [-0.2, 0) is 15.3 Å². The van der Waals surface area contributed by atoms with Crippen LogP contribution in [0.5, 0.6) is 0 Å². The lowest BCUT2D eigenvalue weighted by molar-refractivity contribution is 0.0368. The minimum atomic E-state index is -0.489. The number of hydrogen-bond donors (Lipinski definition) is 0. The molecule has 1 aromatic rings. The van der Waals surface area contributed by atoms with Crippen molar-refractivity contribution in [1.82, 2.24) is 4.31 Å². The van der Waals surface area contributed by atoms with Crippen LogP contribution in [0.1, 0.15) is 26.3 Å². The summed E-state index contributed by atoms with van der Waals surface area (Å²) in [5.41, 5.74) is 0.699. The second-order valence-corrected chi connectivity index (χ2v) is 6.29. The first-order valence-electron chi connectivity index (χ1n) is 6.31. The van der Waals surface area contributed by atoms with Crippen LogP contribution in [0.4, 0.5) is 4.79 Å². The van der Waals surface area contributed by atoms with E-state index in [4.69, 9.17) is 8.92 Å². The molecule has 1 aliphatic rings. The van der Waals surface area contributed by atoms with Crippen molar-refractivity contribution >= 4 is 18.3 Å². The lowest BCUT2D eigenvalue weighted by Gasteiger charge is -2.25. The number of nitrogens with zero attached hydrogens (tertiary/aromatic N) is 1. The highest BCUT2D eigenvalue weighted by Crippen LogP contribution is 2.29. The number of ether oxygens (including phenoxy) is 1. The SMILES string of the molecule is CC(C)(C)OC(=O)N1SOC[C@H]1Cc1ccccc1. The minimum Gasteiger partial charge on any atom is -0.443 e. The normalized spacial score (nSPS) is 19.5. The topological polar surface area (TPSA) is 38.8 Å². The molecule has 1 saturated heterocycles. The first-order valence-corrected chi connectivity index (χ1v) is 7.01. The highest BCUT2D eigenvalue weighted by atomic mass is 32.2. The molecular formula is C14H19NO3S. The lowest BCUT2D eigenvalue weighted by Crippen LogP contribution is -2.38. The third kappa shape index (κ3) is 4.14. The predicted octanol–water partition coefficient (Wildman–Crippen LogP) is 3.43. The molecule has 1 amide bonds. The van der Waals surface area contributed by atoms with Crippen LogP contribution in [0.15, 0.2) is 30.3 Å². The number of carbonyl (C=O) groups excluding carboxylic acids is 1. The van der Waals surface area contributed by atoms with Crippen LogP contribution in [0.2, 0.25) is 0 Å². The lowest BCUT2D eigenvalue weighted by atomic mass is 10.1. The summed E-state index contributed by atoms with van der Waals surface area (Å²) in [4.78, 5) is 12.1. The van der Waals surface area contributed by atoms with Gasteiger partial charge in [0.2, 0.25) is 0 Å². The molecule has 1 heterocycles. The van der Waals surface area contributed by atoms with Gasteiger partial charge in [-0.25, -0.2) is 9.10 Å². The summed E-state index contributed by atoms with van der Waals surface area (Å²) >= 11 is 1.08. The Morgan fingerprint density at radius 1 is 1.42 bits per heavy atom. The molecule has 4 nitrogen and oxygen atoms in total. The van der Waals surface area contributed by atoms with Gasteiger partial charge in [0.15, 0.2) is 0 Å². The maximum Gasteiger partial charge on any atom is 0.422 e. The maximum atomic E-state index is 12.1. The van der Waals surface area contributed by atoms with E-state index in [0.29, 0.717) is 6.61 Å². The van der Waals surface area contributed by atoms with Gasteiger partial charge in [0.25, 0.3) is 0 Å². The largest absolute Gasteiger partial charge is 0.443 e. The summed E-state index contributed by atoms with van der Waals surface area (Å²) in [6.45, 7) is 6.11. The van der Waals surface area contributed by atoms with Gasteiger partial charge < -0.3 is 4.74 Å². The zero-order valence-corrected chi connectivity index (χ0v) is 12.3. The second-order valence-electron chi connectivity index (χ2n) is 5.51. The van der Waals surface area contributed by atoms with Gasteiger partial charge in [-0.1, -0.05) is 30.3 Å². The zero-order valence-electron chi connectivity index (χ0n) is 11.5. The van der Waals surface area contributed by atoms with Gasteiger partial charge in [-0.2, -0.15) is 0 Å². The number of amides is 1. The highest BCUT2D eigenvalue weighted by molar-refractivity contribution is 7.93. The molecule has 1 atom stereocenters. The van der Waals surface area contributed by atoms with Gasteiger partial charge in [0.1, 0.15) is 17.8 Å². The molecule has 0 saturated carbocycles. The summed E-state index contributed by atoms with van der Waals surface area (Å²) in [6, 6.07) is 10.1. The molecule has 1 fully saturated rings. The van der Waals surface area contributed by atoms with Crippen LogP contribution < -0.4 is 0 Å². The monoisotopic (exact) mass is 281 g/mol. The number of hydrogen-bond acceptors (Lipinski definition) is 4. The number of benzene rings is 1. The molecule has 1 aliphatic heterocycles. The average molecular weight is 281 g/mol. The molecule has 2 rings (SSSR count). The van der Waals surface area contributed by atoms with E-state index in [-0.39, 0.29) is 12.1 Å². The van der Waals surface area contributed by atoms with Gasteiger partial charge in [0, 0.05) is 0 Å². The van der Waals surface area contributed by atoms with Crippen molar-refractivity contribution in [2.24, 2.45) is 0 Å². The van der Waals surface area contributed by atoms with E-state index >= 15 is 0 Å². The van der Waals surface area contributed by atoms with E-state index in [0.717, 1.165) is 18.6 Å². The van der Waals surface area contributed by atoms with Crippen LogP contribution in [0.3, 0.4) is 0 Å². The van der Waals surface area contributed by atoms with Gasteiger partial charge in [-0.05, 0) is 32.8 Å². The summed E-state index contributed by atoms with van der Waals surface area (Å²) in [5, 5.41) is 0. The molecular weight excluding hydrogens is 262 g/mol. The smallest absolute Gasteiger partial charge is 0.422 e. The Bertz CT molecular complexity index is 430. The van der Waals surface area contributed by atoms with E-state index in [2.05, 4.69) is 12.1 Å². The molecule has 104 valence electrons. The molecule has 0 N–H and O–H groups in total. The predicted molar refractivity (Wildman–Crippen MR) is 75.6 cm³/mol. The molecule has 0 aliphatic carbocycles. The van der Waals surface area contributed by atoms with Crippen molar-refractivity contribution in [1.29, 1.82) is 0 Å². The zero-order chi connectivity index (χ0) is 13.9. The van der Waals surface area contributed by atoms with Crippen LogP contribution in [-0.4, -0.2) is 28.6 Å². The van der Waals surface area contributed by atoms with Crippen molar-refractivity contribution in [3.05, 3.63) is 35.9 Å². The summed E-state index contributed by atoms with van der Waals surface area (Å²) in [5.74, 6) is 0. The van der Waals surface area contributed by atoms with Crippen molar-refractivity contribution < 1.29 is 13.7 Å². The van der Waals surface area contributed by atoms with Crippen molar-refractivity contribution in [2.45, 2.75) is 38.8 Å². The first kappa shape index (κ1) is 14.2. The Labute approximate surface area is 118 Å². The Morgan fingerprint density at radius 3 is 2.74 bits per heavy atom. The van der Waals surface area contributed by atoms with E-state index in [1.165, 1.54) is 5.56 Å². The Hall–Kier alpha value is -1.20. The summed E-state index contributed by atoms with van der Waals surface area (Å²) in [6.07, 6.45) is 0.434. The first-order chi connectivity index (χ1) is 8.96. The van der Waals surface area contributed by atoms with Gasteiger partial charge in [-0.15, -0.1) is 0 Å². The molecule has 0 unspecified atom stereocenters. The fraction of sp³-hybridized carbons (Fsp3) is 0.500. The standard InChI is InChI=1S/C14H19NO3S/c1-14(2,3)18-13(16)15-12(10-17-19-15)9-11-7-5-4-6-8-11/h4-8,12H,9-10H2,1-3H3/t12-/m1/s1. The molecule has 0 aromatic heterocycles. The number of rotatable bonds is 2. The Kier molecular flexibility index (Phi) is 4.37. The van der Waals surface area contributed by atoms with Crippen LogP contribution in [0, 0.1) is 0 Å². The molecule has 5 heteroatoms.